The predicted octanol–water partition coefficient (Wildman–Crippen LogP) is 1.85. The molecule has 0 unspecified atom stereocenters. The minimum absolute atomic E-state index is 0.131. The molecule has 0 spiro atoms. The Morgan fingerprint density at radius 3 is 2.76 bits per heavy atom. The summed E-state index contributed by atoms with van der Waals surface area (Å²) in [7, 11) is 5.14. The largest absolute Gasteiger partial charge is 0.496 e. The second kappa shape index (κ2) is 6.39. The van der Waals surface area contributed by atoms with Crippen LogP contribution in [0.1, 0.15) is 6.42 Å². The van der Waals surface area contributed by atoms with Crippen molar-refractivity contribution >= 4 is 23.4 Å². The van der Waals surface area contributed by atoms with Crippen LogP contribution in [0.5, 0.6) is 5.75 Å². The van der Waals surface area contributed by atoms with Gasteiger partial charge in [-0.15, -0.1) is 11.8 Å². The van der Waals surface area contributed by atoms with E-state index in [1.807, 2.05) is 12.1 Å². The van der Waals surface area contributed by atoms with Gasteiger partial charge in [-0.25, -0.2) is 0 Å². The standard InChI is InChI=1S/C12H18N2O2S/c1-14(2)12(15)6-7-17-11-5-4-9(13)8-10(11)16-3/h4-5,8H,6-7,13H2,1-3H3. The van der Waals surface area contributed by atoms with E-state index < -0.39 is 0 Å². The number of hydrogen-bond donors (Lipinski definition) is 1. The first-order valence-corrected chi connectivity index (χ1v) is 6.29. The molecule has 0 radical (unpaired) electrons. The molecule has 0 aliphatic heterocycles. The van der Waals surface area contributed by atoms with Gasteiger partial charge in [-0.3, -0.25) is 4.79 Å². The first-order chi connectivity index (χ1) is 8.04. The van der Waals surface area contributed by atoms with Crippen LogP contribution in [-0.4, -0.2) is 37.8 Å². The van der Waals surface area contributed by atoms with E-state index in [2.05, 4.69) is 0 Å². The summed E-state index contributed by atoms with van der Waals surface area (Å²) in [4.78, 5) is 14.0. The monoisotopic (exact) mass is 254 g/mol. The van der Waals surface area contributed by atoms with Crippen molar-refractivity contribution in [1.29, 1.82) is 0 Å². The highest BCUT2D eigenvalue weighted by Crippen LogP contribution is 2.31. The molecule has 0 atom stereocenters. The molecule has 0 aliphatic carbocycles. The zero-order chi connectivity index (χ0) is 12.8. The molecule has 0 heterocycles. The molecule has 2 N–H and O–H groups in total. The van der Waals surface area contributed by atoms with Crippen molar-refractivity contribution in [2.45, 2.75) is 11.3 Å². The first kappa shape index (κ1) is 13.7. The van der Waals surface area contributed by atoms with Gasteiger partial charge in [0, 0.05) is 42.9 Å². The van der Waals surface area contributed by atoms with Crippen LogP contribution in [0.3, 0.4) is 0 Å². The number of nitrogens with zero attached hydrogens (tertiary/aromatic N) is 1. The van der Waals surface area contributed by atoms with Crippen molar-refractivity contribution in [3.8, 4) is 5.75 Å². The van der Waals surface area contributed by atoms with Gasteiger partial charge in [0.05, 0.1) is 7.11 Å². The van der Waals surface area contributed by atoms with Crippen molar-refractivity contribution in [1.82, 2.24) is 4.90 Å². The summed E-state index contributed by atoms with van der Waals surface area (Å²) in [6.45, 7) is 0. The molecule has 1 aromatic rings. The highest BCUT2D eigenvalue weighted by Gasteiger charge is 2.07. The lowest BCUT2D eigenvalue weighted by atomic mass is 10.3. The summed E-state index contributed by atoms with van der Waals surface area (Å²) < 4.78 is 5.23. The number of hydrogen-bond acceptors (Lipinski definition) is 4. The molecule has 0 aromatic heterocycles. The summed E-state index contributed by atoms with van der Waals surface area (Å²) in [5.74, 6) is 1.62. The molecule has 17 heavy (non-hydrogen) atoms. The van der Waals surface area contributed by atoms with Crippen molar-refractivity contribution in [3.63, 3.8) is 0 Å². The Balaban J connectivity index is 2.54. The van der Waals surface area contributed by atoms with Gasteiger partial charge in [0.2, 0.25) is 5.91 Å². The van der Waals surface area contributed by atoms with E-state index in [1.165, 1.54) is 0 Å². The van der Waals surface area contributed by atoms with Crippen molar-refractivity contribution in [2.75, 3.05) is 32.7 Å². The summed E-state index contributed by atoms with van der Waals surface area (Å²) in [5.41, 5.74) is 6.35. The number of nitrogens with two attached hydrogens (primary N) is 1. The highest BCUT2D eigenvalue weighted by molar-refractivity contribution is 7.99. The average molecular weight is 254 g/mol. The topological polar surface area (TPSA) is 55.6 Å². The highest BCUT2D eigenvalue weighted by atomic mass is 32.2. The minimum atomic E-state index is 0.131. The second-order valence-electron chi connectivity index (χ2n) is 3.80. The molecule has 0 saturated carbocycles. The fourth-order valence-electron chi connectivity index (χ4n) is 1.28. The molecular formula is C12H18N2O2S. The lowest BCUT2D eigenvalue weighted by molar-refractivity contribution is -0.128. The third-order valence-electron chi connectivity index (χ3n) is 2.26. The van der Waals surface area contributed by atoms with E-state index >= 15 is 0 Å². The predicted molar refractivity (Wildman–Crippen MR) is 71.4 cm³/mol. The molecule has 0 fully saturated rings. The van der Waals surface area contributed by atoms with Gasteiger partial charge in [0.15, 0.2) is 0 Å². The van der Waals surface area contributed by atoms with Crippen LogP contribution in [0.2, 0.25) is 0 Å². The maximum atomic E-state index is 11.4. The number of rotatable bonds is 5. The first-order valence-electron chi connectivity index (χ1n) is 5.31. The van der Waals surface area contributed by atoms with Crippen LogP contribution in [0.4, 0.5) is 5.69 Å². The second-order valence-corrected chi connectivity index (χ2v) is 4.93. The van der Waals surface area contributed by atoms with E-state index in [9.17, 15) is 4.79 Å². The van der Waals surface area contributed by atoms with E-state index in [1.54, 1.807) is 43.9 Å². The van der Waals surface area contributed by atoms with Crippen molar-refractivity contribution in [2.24, 2.45) is 0 Å². The van der Waals surface area contributed by atoms with Crippen LogP contribution < -0.4 is 10.5 Å². The molecule has 0 saturated heterocycles. The number of ether oxygens (including phenoxy) is 1. The lowest BCUT2D eigenvalue weighted by Crippen LogP contribution is -2.21. The Morgan fingerprint density at radius 2 is 2.18 bits per heavy atom. The quantitative estimate of drug-likeness (QED) is 0.643. The Kier molecular flexibility index (Phi) is 5.15. The molecule has 4 nitrogen and oxygen atoms in total. The van der Waals surface area contributed by atoms with Gasteiger partial charge >= 0.3 is 0 Å². The smallest absolute Gasteiger partial charge is 0.222 e. The molecule has 0 aliphatic rings. The Hall–Kier alpha value is -1.36. The number of carbonyl (C=O) groups is 1. The van der Waals surface area contributed by atoms with Crippen molar-refractivity contribution < 1.29 is 9.53 Å². The Morgan fingerprint density at radius 1 is 1.47 bits per heavy atom. The number of thioether (sulfide) groups is 1. The minimum Gasteiger partial charge on any atom is -0.496 e. The number of benzene rings is 1. The summed E-state index contributed by atoms with van der Waals surface area (Å²) >= 11 is 1.60. The summed E-state index contributed by atoms with van der Waals surface area (Å²) in [5, 5.41) is 0. The molecule has 1 rings (SSSR count). The maximum absolute atomic E-state index is 11.4. The molecule has 0 bridgehead atoms. The fraction of sp³-hybridized carbons (Fsp3) is 0.417. The number of nitrogen functional groups attached to an aromatic ring is 1. The van der Waals surface area contributed by atoms with E-state index in [0.29, 0.717) is 12.1 Å². The van der Waals surface area contributed by atoms with Crippen LogP contribution in [-0.2, 0) is 4.79 Å². The number of anilines is 1. The molecular weight excluding hydrogens is 236 g/mol. The SMILES string of the molecule is COc1cc(N)ccc1SCCC(=O)N(C)C. The normalized spacial score (nSPS) is 10.1. The summed E-state index contributed by atoms with van der Waals surface area (Å²) in [6.07, 6.45) is 0.519. The molecule has 94 valence electrons. The third-order valence-corrected chi connectivity index (χ3v) is 3.32. The molecule has 5 heteroatoms. The van der Waals surface area contributed by atoms with Crippen molar-refractivity contribution in [3.05, 3.63) is 18.2 Å². The number of amides is 1. The lowest BCUT2D eigenvalue weighted by Gasteiger charge is -2.11. The van der Waals surface area contributed by atoms with Crippen LogP contribution >= 0.6 is 11.8 Å². The van der Waals surface area contributed by atoms with Gasteiger partial charge in [-0.2, -0.15) is 0 Å². The Labute approximate surface area is 106 Å². The van der Waals surface area contributed by atoms with Gasteiger partial charge < -0.3 is 15.4 Å². The third kappa shape index (κ3) is 4.19. The van der Waals surface area contributed by atoms with E-state index in [-0.39, 0.29) is 5.91 Å². The molecule has 1 amide bonds. The van der Waals surface area contributed by atoms with Crippen LogP contribution in [0, 0.1) is 0 Å². The average Bonchev–Trinajstić information content (AvgIpc) is 2.30. The zero-order valence-electron chi connectivity index (χ0n) is 10.4. The van der Waals surface area contributed by atoms with E-state index in [0.717, 1.165) is 16.4 Å². The van der Waals surface area contributed by atoms with E-state index in [4.69, 9.17) is 10.5 Å². The fourth-order valence-corrected chi connectivity index (χ4v) is 2.22. The zero-order valence-corrected chi connectivity index (χ0v) is 11.2. The van der Waals surface area contributed by atoms with Crippen LogP contribution in [0.25, 0.3) is 0 Å². The van der Waals surface area contributed by atoms with Gasteiger partial charge in [0.25, 0.3) is 0 Å². The van der Waals surface area contributed by atoms with Gasteiger partial charge in [-0.1, -0.05) is 0 Å². The van der Waals surface area contributed by atoms with Gasteiger partial charge in [0.1, 0.15) is 5.75 Å². The van der Waals surface area contributed by atoms with Crippen LogP contribution in [0.15, 0.2) is 23.1 Å². The number of methoxy groups -OCH3 is 1. The number of carbonyl (C=O) groups excluding carboxylic acids is 1. The van der Waals surface area contributed by atoms with Gasteiger partial charge in [-0.05, 0) is 12.1 Å². The summed E-state index contributed by atoms with van der Waals surface area (Å²) in [6, 6.07) is 5.54. The maximum Gasteiger partial charge on any atom is 0.222 e. The Bertz CT molecular complexity index is 394. The molecule has 1 aromatic carbocycles.